The Kier molecular flexibility index (Phi) is 6.46. The van der Waals surface area contributed by atoms with Crippen molar-refractivity contribution in [1.82, 2.24) is 0 Å². The maximum Gasteiger partial charge on any atom is 0.185 e. The summed E-state index contributed by atoms with van der Waals surface area (Å²) >= 11 is 0. The van der Waals surface area contributed by atoms with E-state index in [1.54, 1.807) is 30.3 Å². The number of allylic oxidation sites excluding steroid dienone is 1. The average Bonchev–Trinajstić information content (AvgIpc) is 2.59. The van der Waals surface area contributed by atoms with Crippen LogP contribution in [0.15, 0.2) is 36.4 Å². The van der Waals surface area contributed by atoms with E-state index in [9.17, 15) is 9.90 Å². The smallest absolute Gasteiger partial charge is 0.185 e. The highest BCUT2D eigenvalue weighted by atomic mass is 16.5. The first-order chi connectivity index (χ1) is 13.4. The number of nitrogen functional groups attached to an aromatic ring is 1. The topological polar surface area (TPSA) is 72.5 Å². The van der Waals surface area contributed by atoms with Gasteiger partial charge in [0.05, 0.1) is 12.2 Å². The number of benzene rings is 2. The molecule has 0 aliphatic carbocycles. The third-order valence-electron chi connectivity index (χ3n) is 4.79. The van der Waals surface area contributed by atoms with Crippen molar-refractivity contribution in [3.8, 4) is 11.5 Å². The Hall–Kier alpha value is -2.75. The molecule has 2 aromatic carbocycles. The molecule has 2 aromatic rings. The standard InChI is InChI=1S/C25H33NO3/c1-8-29-23-18(13-14-21(27)16-9-11-17(26)12-10-16)22(28)19(24(2,3)4)15-20(23)25(5,6)7/h9-15,28H,8,26H2,1-7H3/b14-13+. The molecule has 0 radical (unpaired) electrons. The highest BCUT2D eigenvalue weighted by Crippen LogP contribution is 2.45. The van der Waals surface area contributed by atoms with E-state index in [1.807, 2.05) is 13.0 Å². The Morgan fingerprint density at radius 3 is 2.07 bits per heavy atom. The van der Waals surface area contributed by atoms with Gasteiger partial charge in [0.2, 0.25) is 0 Å². The third-order valence-corrected chi connectivity index (χ3v) is 4.79. The average molecular weight is 396 g/mol. The number of ether oxygens (including phenoxy) is 1. The highest BCUT2D eigenvalue weighted by Gasteiger charge is 2.29. The molecule has 0 spiro atoms. The number of hydrogen-bond acceptors (Lipinski definition) is 4. The number of nitrogens with two attached hydrogens (primary N) is 1. The van der Waals surface area contributed by atoms with Crippen LogP contribution in [0.3, 0.4) is 0 Å². The molecule has 0 unspecified atom stereocenters. The Morgan fingerprint density at radius 1 is 1.03 bits per heavy atom. The summed E-state index contributed by atoms with van der Waals surface area (Å²) in [7, 11) is 0. The lowest BCUT2D eigenvalue weighted by atomic mass is 9.78. The summed E-state index contributed by atoms with van der Waals surface area (Å²) in [6.45, 7) is 14.9. The van der Waals surface area contributed by atoms with Gasteiger partial charge in [-0.15, -0.1) is 0 Å². The van der Waals surface area contributed by atoms with E-state index < -0.39 is 0 Å². The Labute approximate surface area is 174 Å². The van der Waals surface area contributed by atoms with Crippen LogP contribution >= 0.6 is 0 Å². The van der Waals surface area contributed by atoms with Crippen molar-refractivity contribution in [2.75, 3.05) is 12.3 Å². The molecule has 0 fully saturated rings. The van der Waals surface area contributed by atoms with E-state index in [0.29, 0.717) is 29.2 Å². The second-order valence-electron chi connectivity index (χ2n) is 9.32. The fraction of sp³-hybridized carbons (Fsp3) is 0.400. The van der Waals surface area contributed by atoms with Crippen molar-refractivity contribution >= 4 is 17.5 Å². The molecule has 4 heteroatoms. The number of phenols is 1. The van der Waals surface area contributed by atoms with Gasteiger partial charge in [-0.05, 0) is 60.2 Å². The van der Waals surface area contributed by atoms with Gasteiger partial charge in [0.25, 0.3) is 0 Å². The van der Waals surface area contributed by atoms with Crippen molar-refractivity contribution in [3.63, 3.8) is 0 Å². The van der Waals surface area contributed by atoms with Crippen molar-refractivity contribution in [2.45, 2.75) is 59.3 Å². The molecule has 0 aliphatic heterocycles. The Balaban J connectivity index is 2.66. The van der Waals surface area contributed by atoms with E-state index in [-0.39, 0.29) is 22.4 Å². The number of anilines is 1. The second kappa shape index (κ2) is 8.32. The molecular formula is C25H33NO3. The normalized spacial score (nSPS) is 12.4. The first-order valence-electron chi connectivity index (χ1n) is 9.98. The van der Waals surface area contributed by atoms with Gasteiger partial charge in [-0.1, -0.05) is 41.5 Å². The molecule has 29 heavy (non-hydrogen) atoms. The summed E-state index contributed by atoms with van der Waals surface area (Å²) in [5, 5.41) is 11.1. The number of rotatable bonds is 5. The van der Waals surface area contributed by atoms with Crippen LogP contribution in [0.5, 0.6) is 11.5 Å². The van der Waals surface area contributed by atoms with E-state index in [0.717, 1.165) is 11.1 Å². The molecule has 0 bridgehead atoms. The monoisotopic (exact) mass is 395 g/mol. The molecule has 156 valence electrons. The summed E-state index contributed by atoms with van der Waals surface area (Å²) in [4.78, 5) is 12.6. The van der Waals surface area contributed by atoms with Gasteiger partial charge >= 0.3 is 0 Å². The molecule has 2 rings (SSSR count). The van der Waals surface area contributed by atoms with Crippen LogP contribution in [0.1, 0.15) is 75.5 Å². The van der Waals surface area contributed by atoms with Crippen LogP contribution in [-0.2, 0) is 10.8 Å². The predicted octanol–water partition coefficient (Wildman–Crippen LogP) is 5.86. The number of phenolic OH excluding ortho intramolecular Hbond substituents is 1. The molecule has 3 N–H and O–H groups in total. The van der Waals surface area contributed by atoms with Crippen LogP contribution in [0, 0.1) is 0 Å². The minimum Gasteiger partial charge on any atom is -0.507 e. The number of carbonyl (C=O) groups is 1. The van der Waals surface area contributed by atoms with Crippen molar-refractivity contribution in [1.29, 1.82) is 0 Å². The molecule has 0 heterocycles. The largest absolute Gasteiger partial charge is 0.507 e. The molecule has 0 aromatic heterocycles. The lowest BCUT2D eigenvalue weighted by molar-refractivity contribution is 0.104. The molecule has 0 amide bonds. The number of aromatic hydroxyl groups is 1. The van der Waals surface area contributed by atoms with Gasteiger partial charge in [-0.25, -0.2) is 0 Å². The summed E-state index contributed by atoms with van der Waals surface area (Å²) in [5.74, 6) is 0.604. The number of carbonyl (C=O) groups excluding carboxylic acids is 1. The Bertz CT molecular complexity index is 911. The van der Waals surface area contributed by atoms with Crippen molar-refractivity contribution in [2.24, 2.45) is 0 Å². The van der Waals surface area contributed by atoms with Gasteiger partial charge in [0, 0.05) is 22.4 Å². The third kappa shape index (κ3) is 5.20. The molecule has 0 saturated carbocycles. The minimum absolute atomic E-state index is 0.148. The fourth-order valence-electron chi connectivity index (χ4n) is 3.16. The first kappa shape index (κ1) is 22.5. The molecule has 0 atom stereocenters. The molecule has 0 aliphatic rings. The quantitative estimate of drug-likeness (QED) is 0.377. The van der Waals surface area contributed by atoms with Crippen LogP contribution in [0.4, 0.5) is 5.69 Å². The second-order valence-corrected chi connectivity index (χ2v) is 9.32. The zero-order valence-corrected chi connectivity index (χ0v) is 18.6. The van der Waals surface area contributed by atoms with Gasteiger partial charge in [0.15, 0.2) is 5.78 Å². The summed E-state index contributed by atoms with van der Waals surface area (Å²) in [6, 6.07) is 8.80. The van der Waals surface area contributed by atoms with Crippen LogP contribution < -0.4 is 10.5 Å². The van der Waals surface area contributed by atoms with Crippen LogP contribution in [0.2, 0.25) is 0 Å². The van der Waals surface area contributed by atoms with E-state index >= 15 is 0 Å². The van der Waals surface area contributed by atoms with E-state index in [2.05, 4.69) is 41.5 Å². The Morgan fingerprint density at radius 2 is 1.59 bits per heavy atom. The minimum atomic E-state index is -0.265. The maximum atomic E-state index is 12.6. The lowest BCUT2D eigenvalue weighted by Crippen LogP contribution is -2.19. The molecule has 0 saturated heterocycles. The van der Waals surface area contributed by atoms with E-state index in [1.165, 1.54) is 6.08 Å². The van der Waals surface area contributed by atoms with Crippen molar-refractivity contribution in [3.05, 3.63) is 58.7 Å². The van der Waals surface area contributed by atoms with Crippen LogP contribution in [-0.4, -0.2) is 17.5 Å². The van der Waals surface area contributed by atoms with Crippen molar-refractivity contribution < 1.29 is 14.6 Å². The first-order valence-corrected chi connectivity index (χ1v) is 9.98. The van der Waals surface area contributed by atoms with Gasteiger partial charge in [-0.2, -0.15) is 0 Å². The zero-order chi connectivity index (χ0) is 22.0. The van der Waals surface area contributed by atoms with Gasteiger partial charge in [-0.3, -0.25) is 4.79 Å². The SMILES string of the molecule is CCOc1c(C(C)(C)C)cc(C(C)(C)C)c(O)c1/C=C/C(=O)c1ccc(N)cc1. The van der Waals surface area contributed by atoms with E-state index in [4.69, 9.17) is 10.5 Å². The molecular weight excluding hydrogens is 362 g/mol. The maximum absolute atomic E-state index is 12.6. The summed E-state index contributed by atoms with van der Waals surface area (Å²) < 4.78 is 5.96. The van der Waals surface area contributed by atoms with Crippen LogP contribution in [0.25, 0.3) is 6.08 Å². The fourth-order valence-corrected chi connectivity index (χ4v) is 3.16. The highest BCUT2D eigenvalue weighted by molar-refractivity contribution is 6.07. The summed E-state index contributed by atoms with van der Waals surface area (Å²) in [5.41, 5.74) is 8.75. The lowest BCUT2D eigenvalue weighted by Gasteiger charge is -2.29. The predicted molar refractivity (Wildman–Crippen MR) is 121 cm³/mol. The number of hydrogen-bond donors (Lipinski definition) is 2. The van der Waals surface area contributed by atoms with Gasteiger partial charge < -0.3 is 15.6 Å². The zero-order valence-electron chi connectivity index (χ0n) is 18.6. The van der Waals surface area contributed by atoms with Gasteiger partial charge in [0.1, 0.15) is 11.5 Å². The summed E-state index contributed by atoms with van der Waals surface area (Å²) in [6.07, 6.45) is 3.13. The molecule has 4 nitrogen and oxygen atoms in total. The number of ketones is 1.